The number of hydrogen-bond acceptors (Lipinski definition) is 3. The van der Waals surface area contributed by atoms with Crippen LogP contribution in [0.25, 0.3) is 0 Å². The predicted molar refractivity (Wildman–Crippen MR) is 87.1 cm³/mol. The molecule has 22 heavy (non-hydrogen) atoms. The lowest BCUT2D eigenvalue weighted by molar-refractivity contribution is -0.0403. The number of fused-ring (bicyclic) bond motifs is 5. The highest BCUT2D eigenvalue weighted by Crippen LogP contribution is 2.64. The summed E-state index contributed by atoms with van der Waals surface area (Å²) in [6, 6.07) is -0.0511. The van der Waals surface area contributed by atoms with Gasteiger partial charge >= 0.3 is 0 Å². The average molecular weight is 305 g/mol. The van der Waals surface area contributed by atoms with Crippen LogP contribution >= 0.6 is 0 Å². The molecule has 3 fully saturated rings. The van der Waals surface area contributed by atoms with Crippen LogP contribution in [0.4, 0.5) is 0 Å². The molecule has 3 heteroatoms. The summed E-state index contributed by atoms with van der Waals surface area (Å²) < 4.78 is 0. The summed E-state index contributed by atoms with van der Waals surface area (Å²) in [7, 11) is 0. The van der Waals surface area contributed by atoms with Crippen LogP contribution in [-0.4, -0.2) is 28.5 Å². The molecule has 0 saturated heterocycles. The Morgan fingerprint density at radius 1 is 1.14 bits per heavy atom. The van der Waals surface area contributed by atoms with Crippen molar-refractivity contribution in [2.75, 3.05) is 0 Å². The van der Waals surface area contributed by atoms with Crippen molar-refractivity contribution in [1.29, 1.82) is 0 Å². The van der Waals surface area contributed by atoms with Crippen LogP contribution in [0.3, 0.4) is 0 Å². The van der Waals surface area contributed by atoms with Crippen molar-refractivity contribution in [1.82, 2.24) is 0 Å². The second-order valence-electron chi connectivity index (χ2n) is 9.03. The molecule has 0 aromatic rings. The Labute approximate surface area is 134 Å². The molecule has 4 aliphatic carbocycles. The van der Waals surface area contributed by atoms with Crippen molar-refractivity contribution in [2.24, 2.45) is 34.3 Å². The standard InChI is InChI=1S/C19H31NO2/c1-18-7-5-12(21)9-11(18)3-4-13-14(18)6-8-19(2)15(13)10-16(22)17(19)20/h3,12-17,21-22H,4-10,20H2,1-2H3/t12-,13-,14+,15-,16+,17+,18-,19-/m1/s1. The van der Waals surface area contributed by atoms with Crippen LogP contribution in [0.15, 0.2) is 11.6 Å². The third-order valence-corrected chi connectivity index (χ3v) is 8.19. The summed E-state index contributed by atoms with van der Waals surface area (Å²) in [5, 5.41) is 20.4. The second-order valence-corrected chi connectivity index (χ2v) is 9.03. The van der Waals surface area contributed by atoms with Crippen LogP contribution in [-0.2, 0) is 0 Å². The Kier molecular flexibility index (Phi) is 3.32. The van der Waals surface area contributed by atoms with Crippen molar-refractivity contribution in [2.45, 2.75) is 77.0 Å². The minimum absolute atomic E-state index is 0.0511. The van der Waals surface area contributed by atoms with Gasteiger partial charge in [0.25, 0.3) is 0 Å². The number of allylic oxidation sites excluding steroid dienone is 1. The van der Waals surface area contributed by atoms with Gasteiger partial charge in [-0.05, 0) is 73.5 Å². The van der Waals surface area contributed by atoms with Crippen molar-refractivity contribution >= 4 is 0 Å². The molecule has 3 saturated carbocycles. The minimum atomic E-state index is -0.319. The number of aliphatic hydroxyl groups is 2. The molecule has 4 N–H and O–H groups in total. The molecule has 0 aromatic heterocycles. The summed E-state index contributed by atoms with van der Waals surface area (Å²) in [4.78, 5) is 0. The van der Waals surface area contributed by atoms with E-state index >= 15 is 0 Å². The van der Waals surface area contributed by atoms with Crippen LogP contribution < -0.4 is 5.73 Å². The van der Waals surface area contributed by atoms with Gasteiger partial charge in [-0.25, -0.2) is 0 Å². The zero-order valence-corrected chi connectivity index (χ0v) is 14.0. The molecule has 0 bridgehead atoms. The fraction of sp³-hybridized carbons (Fsp3) is 0.895. The van der Waals surface area contributed by atoms with Gasteiger partial charge in [0.15, 0.2) is 0 Å². The largest absolute Gasteiger partial charge is 0.393 e. The lowest BCUT2D eigenvalue weighted by Crippen LogP contribution is -2.53. The van der Waals surface area contributed by atoms with Gasteiger partial charge in [-0.3, -0.25) is 0 Å². The van der Waals surface area contributed by atoms with E-state index in [2.05, 4.69) is 19.9 Å². The van der Waals surface area contributed by atoms with Crippen molar-refractivity contribution in [3.63, 3.8) is 0 Å². The molecule has 0 spiro atoms. The van der Waals surface area contributed by atoms with E-state index in [0.29, 0.717) is 11.8 Å². The number of rotatable bonds is 0. The van der Waals surface area contributed by atoms with Crippen LogP contribution in [0.5, 0.6) is 0 Å². The fourth-order valence-corrected chi connectivity index (χ4v) is 6.69. The van der Waals surface area contributed by atoms with Gasteiger partial charge in [0, 0.05) is 6.04 Å². The van der Waals surface area contributed by atoms with E-state index in [-0.39, 0.29) is 29.1 Å². The summed E-state index contributed by atoms with van der Waals surface area (Å²) >= 11 is 0. The third-order valence-electron chi connectivity index (χ3n) is 8.19. The van der Waals surface area contributed by atoms with Gasteiger partial charge in [-0.1, -0.05) is 25.5 Å². The first-order valence-corrected chi connectivity index (χ1v) is 9.17. The van der Waals surface area contributed by atoms with Gasteiger partial charge < -0.3 is 15.9 Å². The van der Waals surface area contributed by atoms with Crippen LogP contribution in [0.2, 0.25) is 0 Å². The van der Waals surface area contributed by atoms with Gasteiger partial charge in [0.05, 0.1) is 12.2 Å². The maximum atomic E-state index is 10.3. The molecule has 0 unspecified atom stereocenters. The average Bonchev–Trinajstić information content (AvgIpc) is 2.72. The van der Waals surface area contributed by atoms with E-state index in [1.807, 2.05) is 0 Å². The summed E-state index contributed by atoms with van der Waals surface area (Å²) in [5.41, 5.74) is 8.29. The zero-order valence-electron chi connectivity index (χ0n) is 14.0. The third kappa shape index (κ3) is 1.85. The van der Waals surface area contributed by atoms with Gasteiger partial charge in [-0.2, -0.15) is 0 Å². The number of nitrogens with two attached hydrogens (primary N) is 1. The molecule has 4 rings (SSSR count). The van der Waals surface area contributed by atoms with Gasteiger partial charge in [-0.15, -0.1) is 0 Å². The summed E-state index contributed by atoms with van der Waals surface area (Å²) in [5.74, 6) is 1.96. The highest BCUT2D eigenvalue weighted by atomic mass is 16.3. The smallest absolute Gasteiger partial charge is 0.0699 e. The number of aliphatic hydroxyl groups excluding tert-OH is 2. The Hall–Kier alpha value is -0.380. The Morgan fingerprint density at radius 2 is 1.91 bits per heavy atom. The molecular weight excluding hydrogens is 274 g/mol. The van der Waals surface area contributed by atoms with E-state index < -0.39 is 0 Å². The molecular formula is C19H31NO2. The first-order valence-electron chi connectivity index (χ1n) is 9.17. The summed E-state index contributed by atoms with van der Waals surface area (Å²) in [6.45, 7) is 4.76. The van der Waals surface area contributed by atoms with Crippen molar-refractivity contribution in [3.05, 3.63) is 11.6 Å². The lowest BCUT2D eigenvalue weighted by atomic mass is 9.48. The highest BCUT2D eigenvalue weighted by Gasteiger charge is 2.60. The van der Waals surface area contributed by atoms with Crippen LogP contribution in [0.1, 0.15) is 58.8 Å². The number of hydrogen-bond donors (Lipinski definition) is 3. The van der Waals surface area contributed by atoms with Crippen molar-refractivity contribution < 1.29 is 10.2 Å². The van der Waals surface area contributed by atoms with Crippen LogP contribution in [0, 0.1) is 28.6 Å². The van der Waals surface area contributed by atoms with E-state index in [0.717, 1.165) is 44.4 Å². The van der Waals surface area contributed by atoms with E-state index in [9.17, 15) is 10.2 Å². The maximum absolute atomic E-state index is 10.3. The first-order chi connectivity index (χ1) is 10.4. The van der Waals surface area contributed by atoms with Crippen molar-refractivity contribution in [3.8, 4) is 0 Å². The Bertz CT molecular complexity index is 504. The summed E-state index contributed by atoms with van der Waals surface area (Å²) in [6.07, 6.45) is 9.34. The monoisotopic (exact) mass is 305 g/mol. The lowest BCUT2D eigenvalue weighted by Gasteiger charge is -2.57. The van der Waals surface area contributed by atoms with E-state index in [4.69, 9.17) is 5.73 Å². The Balaban J connectivity index is 1.68. The van der Waals surface area contributed by atoms with Gasteiger partial charge in [0.2, 0.25) is 0 Å². The maximum Gasteiger partial charge on any atom is 0.0699 e. The molecule has 0 radical (unpaired) electrons. The molecule has 124 valence electrons. The molecule has 0 aromatic carbocycles. The van der Waals surface area contributed by atoms with Gasteiger partial charge in [0.1, 0.15) is 0 Å². The quantitative estimate of drug-likeness (QED) is 0.603. The van der Waals surface area contributed by atoms with E-state index in [1.165, 1.54) is 12.0 Å². The zero-order chi connectivity index (χ0) is 15.7. The fourth-order valence-electron chi connectivity index (χ4n) is 6.69. The second kappa shape index (κ2) is 4.81. The highest BCUT2D eigenvalue weighted by molar-refractivity contribution is 5.25. The normalized spacial score (nSPS) is 57.6. The Morgan fingerprint density at radius 3 is 2.68 bits per heavy atom. The minimum Gasteiger partial charge on any atom is -0.393 e. The molecule has 3 nitrogen and oxygen atoms in total. The molecule has 8 atom stereocenters. The molecule has 0 aliphatic heterocycles. The van der Waals surface area contributed by atoms with E-state index in [1.54, 1.807) is 0 Å². The molecule has 0 amide bonds. The molecule has 0 heterocycles. The topological polar surface area (TPSA) is 66.5 Å². The SMILES string of the molecule is C[C@@]12CC[C@H]3[C@@H](CC=C4C[C@H](O)CC[C@]43C)[C@H]1C[C@H](O)[C@@H]2N. The predicted octanol–water partition coefficient (Wildman–Crippen LogP) is 2.61. The first kappa shape index (κ1) is 15.2. The molecule has 4 aliphatic rings.